The van der Waals surface area contributed by atoms with Crippen LogP contribution in [0.1, 0.15) is 89.4 Å². The Labute approximate surface area is 418 Å². The molecule has 9 aromatic rings. The predicted octanol–water partition coefficient (Wildman–Crippen LogP) is 12.4. The first-order valence-electron chi connectivity index (χ1n) is 23.7. The van der Waals surface area contributed by atoms with E-state index in [9.17, 15) is 46.0 Å². The van der Waals surface area contributed by atoms with Crippen molar-refractivity contribution >= 4 is 6.08 Å². The third kappa shape index (κ3) is 11.8. The van der Waals surface area contributed by atoms with E-state index in [0.29, 0.717) is 71.9 Å². The third-order valence-corrected chi connectivity index (χ3v) is 13.1. The van der Waals surface area contributed by atoms with Gasteiger partial charge < -0.3 is 46.0 Å². The molecule has 9 rings (SSSR count). The van der Waals surface area contributed by atoms with Gasteiger partial charge in [-0.2, -0.15) is 0 Å². The summed E-state index contributed by atoms with van der Waals surface area (Å²) < 4.78 is 0. The van der Waals surface area contributed by atoms with E-state index in [4.69, 9.17) is 0 Å². The molecule has 0 radical (unpaired) electrons. The minimum absolute atomic E-state index is 0.116. The summed E-state index contributed by atoms with van der Waals surface area (Å²) in [5, 5.41) is 96.8. The molecule has 0 spiro atoms. The van der Waals surface area contributed by atoms with E-state index >= 15 is 0 Å². The lowest BCUT2D eigenvalue weighted by molar-refractivity contribution is 0.462. The van der Waals surface area contributed by atoms with Crippen LogP contribution in [0.25, 0.3) is 6.08 Å². The molecule has 0 aliphatic carbocycles. The standard InChI is InChI=1S/C63H54O9/c64-54-14-1-39(2-15-54)27-48-33-45(34-49(61(48)70)28-40-3-16-55(65)17-4-40)13-26-60(46-35-50(29-41-5-18-56(66)19-6-41)62(71)51(36-46)30-42-7-20-57(67)21-8-42)47-37-52(31-43-9-22-58(68)23-10-43)63(72)53(38-47)32-44-11-24-59(69)25-12-44/h1-26,33-38,60,64-72H,27-32H2/b26-13+. The molecule has 9 aromatic carbocycles. The Bertz CT molecular complexity index is 2990. The molecule has 360 valence electrons. The van der Waals surface area contributed by atoms with E-state index < -0.39 is 5.92 Å². The normalized spacial score (nSPS) is 11.4. The van der Waals surface area contributed by atoms with Gasteiger partial charge in [-0.05, 0) is 168 Å². The van der Waals surface area contributed by atoms with Crippen molar-refractivity contribution in [3.8, 4) is 51.7 Å². The second-order valence-corrected chi connectivity index (χ2v) is 18.5. The van der Waals surface area contributed by atoms with Crippen LogP contribution in [0.5, 0.6) is 51.7 Å². The lowest BCUT2D eigenvalue weighted by Crippen LogP contribution is -2.06. The molecule has 0 fully saturated rings. The first kappa shape index (κ1) is 48.0. The van der Waals surface area contributed by atoms with Crippen molar-refractivity contribution in [3.63, 3.8) is 0 Å². The largest absolute Gasteiger partial charge is 0.508 e. The van der Waals surface area contributed by atoms with Gasteiger partial charge in [-0.1, -0.05) is 109 Å². The van der Waals surface area contributed by atoms with Crippen LogP contribution < -0.4 is 0 Å². The maximum atomic E-state index is 12.1. The average molecular weight is 955 g/mol. The quantitative estimate of drug-likeness (QED) is 0.0455. The molecule has 9 N–H and O–H groups in total. The molecule has 0 amide bonds. The van der Waals surface area contributed by atoms with Crippen molar-refractivity contribution in [2.24, 2.45) is 0 Å². The molecule has 0 aromatic heterocycles. The molecule has 0 aliphatic heterocycles. The van der Waals surface area contributed by atoms with Gasteiger partial charge in [-0.25, -0.2) is 0 Å². The van der Waals surface area contributed by atoms with Crippen LogP contribution in [-0.4, -0.2) is 46.0 Å². The van der Waals surface area contributed by atoms with Crippen molar-refractivity contribution in [1.82, 2.24) is 0 Å². The van der Waals surface area contributed by atoms with Gasteiger partial charge >= 0.3 is 0 Å². The van der Waals surface area contributed by atoms with E-state index in [0.717, 1.165) is 50.1 Å². The fourth-order valence-corrected chi connectivity index (χ4v) is 9.25. The van der Waals surface area contributed by atoms with Crippen molar-refractivity contribution in [1.29, 1.82) is 0 Å². The monoisotopic (exact) mass is 954 g/mol. The Kier molecular flexibility index (Phi) is 14.2. The zero-order valence-electron chi connectivity index (χ0n) is 39.3. The Morgan fingerprint density at radius 3 is 0.667 bits per heavy atom. The molecule has 72 heavy (non-hydrogen) atoms. The number of rotatable bonds is 16. The van der Waals surface area contributed by atoms with Gasteiger partial charge in [0, 0.05) is 44.4 Å². The average Bonchev–Trinajstić information content (AvgIpc) is 3.37. The molecule has 0 atom stereocenters. The van der Waals surface area contributed by atoms with Crippen LogP contribution in [0.2, 0.25) is 0 Å². The van der Waals surface area contributed by atoms with Crippen LogP contribution in [0.3, 0.4) is 0 Å². The number of phenolic OH excluding ortho intramolecular Hbond substituents is 9. The summed E-state index contributed by atoms with van der Waals surface area (Å²) >= 11 is 0. The zero-order valence-corrected chi connectivity index (χ0v) is 39.3. The summed E-state index contributed by atoms with van der Waals surface area (Å²) in [6.07, 6.45) is 6.21. The highest BCUT2D eigenvalue weighted by molar-refractivity contribution is 5.62. The number of benzene rings is 9. The zero-order chi connectivity index (χ0) is 50.3. The molecule has 9 heteroatoms. The SMILES string of the molecule is Oc1ccc(Cc2cc(/C=C/C(c3cc(Cc4ccc(O)cc4)c(O)c(Cc4ccc(O)cc4)c3)c3cc(Cc4ccc(O)cc4)c(O)c(Cc4ccc(O)cc4)c3)cc(Cc3ccc(O)cc3)c2O)cc1. The fraction of sp³-hybridized carbons (Fsp3) is 0.111. The molecule has 0 aliphatic rings. The van der Waals surface area contributed by atoms with Crippen molar-refractivity contribution in [2.45, 2.75) is 44.4 Å². The summed E-state index contributed by atoms with van der Waals surface area (Å²) in [7, 11) is 0. The fourth-order valence-electron chi connectivity index (χ4n) is 9.25. The minimum atomic E-state index is -0.518. The lowest BCUT2D eigenvalue weighted by Gasteiger charge is -2.22. The van der Waals surface area contributed by atoms with Crippen LogP contribution in [0.15, 0.2) is 188 Å². The Morgan fingerprint density at radius 2 is 0.458 bits per heavy atom. The van der Waals surface area contributed by atoms with E-state index in [1.54, 1.807) is 72.8 Å². The van der Waals surface area contributed by atoms with Crippen molar-refractivity contribution in [3.05, 3.63) is 272 Å². The van der Waals surface area contributed by atoms with Gasteiger partial charge in [0.2, 0.25) is 0 Å². The molecule has 0 saturated carbocycles. The lowest BCUT2D eigenvalue weighted by atomic mass is 9.83. The second kappa shape index (κ2) is 21.3. The number of hydrogen-bond acceptors (Lipinski definition) is 9. The topological polar surface area (TPSA) is 182 Å². The van der Waals surface area contributed by atoms with Crippen LogP contribution >= 0.6 is 0 Å². The van der Waals surface area contributed by atoms with Crippen LogP contribution in [-0.2, 0) is 38.5 Å². The van der Waals surface area contributed by atoms with Crippen molar-refractivity contribution in [2.75, 3.05) is 0 Å². The summed E-state index contributed by atoms with van der Waals surface area (Å²) in [6.45, 7) is 0. The molecule has 0 saturated heterocycles. The van der Waals surface area contributed by atoms with Crippen LogP contribution in [0.4, 0.5) is 0 Å². The smallest absolute Gasteiger partial charge is 0.122 e. The summed E-state index contributed by atoms with van der Waals surface area (Å²) in [6, 6.07) is 53.1. The molecule has 0 unspecified atom stereocenters. The van der Waals surface area contributed by atoms with Crippen LogP contribution in [0, 0.1) is 0 Å². The summed E-state index contributed by atoms with van der Waals surface area (Å²) in [5.41, 5.74) is 11.6. The van der Waals surface area contributed by atoms with E-state index in [2.05, 4.69) is 6.08 Å². The highest BCUT2D eigenvalue weighted by atomic mass is 16.3. The second-order valence-electron chi connectivity index (χ2n) is 18.5. The first-order chi connectivity index (χ1) is 34.8. The number of phenols is 9. The van der Waals surface area contributed by atoms with Gasteiger partial charge in [0.05, 0.1) is 0 Å². The maximum Gasteiger partial charge on any atom is 0.122 e. The van der Waals surface area contributed by atoms with Gasteiger partial charge in [-0.15, -0.1) is 0 Å². The number of hydrogen-bond donors (Lipinski definition) is 9. The van der Waals surface area contributed by atoms with Crippen molar-refractivity contribution < 1.29 is 46.0 Å². The number of aromatic hydroxyl groups is 9. The first-order valence-corrected chi connectivity index (χ1v) is 23.7. The van der Waals surface area contributed by atoms with Gasteiger partial charge in [0.15, 0.2) is 0 Å². The molecular formula is C63H54O9. The summed E-state index contributed by atoms with van der Waals surface area (Å²) in [5.74, 6) is 0.624. The highest BCUT2D eigenvalue weighted by Gasteiger charge is 2.22. The minimum Gasteiger partial charge on any atom is -0.508 e. The molecule has 0 heterocycles. The van der Waals surface area contributed by atoms with E-state index in [-0.39, 0.29) is 51.7 Å². The molecule has 9 nitrogen and oxygen atoms in total. The van der Waals surface area contributed by atoms with Gasteiger partial charge in [0.25, 0.3) is 0 Å². The van der Waals surface area contributed by atoms with Gasteiger partial charge in [0.1, 0.15) is 51.7 Å². The third-order valence-electron chi connectivity index (χ3n) is 13.1. The predicted molar refractivity (Wildman–Crippen MR) is 281 cm³/mol. The van der Waals surface area contributed by atoms with E-state index in [1.807, 2.05) is 115 Å². The number of allylic oxidation sites excluding steroid dienone is 1. The highest BCUT2D eigenvalue weighted by Crippen LogP contribution is 2.40. The summed E-state index contributed by atoms with van der Waals surface area (Å²) in [4.78, 5) is 0. The van der Waals surface area contributed by atoms with Gasteiger partial charge in [-0.3, -0.25) is 0 Å². The molecular weight excluding hydrogens is 901 g/mol. The maximum absolute atomic E-state index is 12.1. The molecule has 0 bridgehead atoms. The Morgan fingerprint density at radius 1 is 0.264 bits per heavy atom. The Hall–Kier alpha value is -9.08. The Balaban J connectivity index is 1.24. The van der Waals surface area contributed by atoms with E-state index in [1.165, 1.54) is 0 Å².